The minimum atomic E-state index is 0.501. The fourth-order valence-electron chi connectivity index (χ4n) is 1.98. The van der Waals surface area contributed by atoms with E-state index in [2.05, 4.69) is 32.6 Å². The molecule has 1 saturated heterocycles. The lowest BCUT2D eigenvalue weighted by atomic mass is 9.91. The maximum absolute atomic E-state index is 2.64. The lowest BCUT2D eigenvalue weighted by Crippen LogP contribution is -2.36. The van der Waals surface area contributed by atoms with Gasteiger partial charge in [-0.3, -0.25) is 0 Å². The molecule has 0 saturated carbocycles. The Morgan fingerprint density at radius 1 is 1.31 bits per heavy atom. The highest BCUT2D eigenvalue weighted by Crippen LogP contribution is 2.21. The number of nitrogens with zero attached hydrogens (tertiary/aromatic N) is 1. The van der Waals surface area contributed by atoms with Gasteiger partial charge in [0.25, 0.3) is 0 Å². The lowest BCUT2D eigenvalue weighted by molar-refractivity contribution is 0.162. The molecule has 0 aromatic heterocycles. The molecule has 0 aromatic rings. The van der Waals surface area contributed by atoms with E-state index in [-0.39, 0.29) is 0 Å². The van der Waals surface area contributed by atoms with E-state index in [1.165, 1.54) is 38.9 Å². The van der Waals surface area contributed by atoms with Crippen molar-refractivity contribution in [3.63, 3.8) is 0 Å². The van der Waals surface area contributed by atoms with Crippen LogP contribution in [0.4, 0.5) is 0 Å². The third kappa shape index (κ3) is 4.66. The summed E-state index contributed by atoms with van der Waals surface area (Å²) in [6.07, 6.45) is 4.18. The molecule has 0 bridgehead atoms. The molecule has 0 radical (unpaired) electrons. The van der Waals surface area contributed by atoms with Crippen LogP contribution >= 0.6 is 0 Å². The molecule has 0 spiro atoms. The topological polar surface area (TPSA) is 3.24 Å². The molecular weight excluding hydrogens is 158 g/mol. The Hall–Kier alpha value is -0.0400. The molecule has 1 nitrogen and oxygen atoms in total. The highest BCUT2D eigenvalue weighted by molar-refractivity contribution is 4.72. The van der Waals surface area contributed by atoms with Gasteiger partial charge in [-0.25, -0.2) is 0 Å². The second-order valence-electron chi connectivity index (χ2n) is 5.86. The van der Waals surface area contributed by atoms with Crippen molar-refractivity contribution in [1.29, 1.82) is 0 Å². The molecular formula is C12H25N. The summed E-state index contributed by atoms with van der Waals surface area (Å²) in [7, 11) is 0. The molecule has 1 aliphatic rings. The second-order valence-corrected chi connectivity index (χ2v) is 5.86. The van der Waals surface area contributed by atoms with Gasteiger partial charge in [-0.05, 0) is 43.7 Å². The van der Waals surface area contributed by atoms with Crippen molar-refractivity contribution in [3.8, 4) is 0 Å². The molecule has 78 valence electrons. The quantitative estimate of drug-likeness (QED) is 0.635. The monoisotopic (exact) mass is 183 g/mol. The number of rotatable bonds is 2. The van der Waals surface area contributed by atoms with Gasteiger partial charge in [0.15, 0.2) is 0 Å². The SMILES string of the molecule is C[C@H]1CCCN(CCC(C)(C)C)C1. The molecule has 1 aliphatic heterocycles. The molecule has 0 aliphatic carbocycles. The van der Waals surface area contributed by atoms with E-state index in [1.54, 1.807) is 0 Å². The maximum atomic E-state index is 2.64. The predicted molar refractivity (Wildman–Crippen MR) is 58.9 cm³/mol. The molecule has 1 heterocycles. The van der Waals surface area contributed by atoms with E-state index in [4.69, 9.17) is 0 Å². The van der Waals surface area contributed by atoms with Crippen LogP contribution in [-0.2, 0) is 0 Å². The summed E-state index contributed by atoms with van der Waals surface area (Å²) in [6, 6.07) is 0. The Bertz CT molecular complexity index is 146. The number of likely N-dealkylation sites (tertiary alicyclic amines) is 1. The smallest absolute Gasteiger partial charge is 0.000703 e. The summed E-state index contributed by atoms with van der Waals surface area (Å²) in [4.78, 5) is 2.64. The van der Waals surface area contributed by atoms with Gasteiger partial charge in [-0.1, -0.05) is 27.7 Å². The first-order chi connectivity index (χ1) is 5.97. The van der Waals surface area contributed by atoms with Gasteiger partial charge in [0.05, 0.1) is 0 Å². The summed E-state index contributed by atoms with van der Waals surface area (Å²) >= 11 is 0. The average Bonchev–Trinajstić information content (AvgIpc) is 2.00. The average molecular weight is 183 g/mol. The van der Waals surface area contributed by atoms with Crippen molar-refractivity contribution in [2.24, 2.45) is 11.3 Å². The van der Waals surface area contributed by atoms with Crippen LogP contribution in [0.25, 0.3) is 0 Å². The minimum Gasteiger partial charge on any atom is -0.303 e. The first kappa shape index (κ1) is 11.0. The molecule has 0 aromatic carbocycles. The van der Waals surface area contributed by atoms with Gasteiger partial charge in [-0.2, -0.15) is 0 Å². The summed E-state index contributed by atoms with van der Waals surface area (Å²) in [6.45, 7) is 13.3. The van der Waals surface area contributed by atoms with Crippen LogP contribution in [0.15, 0.2) is 0 Å². The Morgan fingerprint density at radius 3 is 2.54 bits per heavy atom. The largest absolute Gasteiger partial charge is 0.303 e. The first-order valence-electron chi connectivity index (χ1n) is 5.70. The summed E-state index contributed by atoms with van der Waals surface area (Å²) in [5, 5.41) is 0. The number of hydrogen-bond donors (Lipinski definition) is 0. The summed E-state index contributed by atoms with van der Waals surface area (Å²) in [5.74, 6) is 0.925. The number of hydrogen-bond acceptors (Lipinski definition) is 1. The van der Waals surface area contributed by atoms with E-state index in [0.717, 1.165) is 5.92 Å². The highest BCUT2D eigenvalue weighted by atomic mass is 15.1. The molecule has 1 atom stereocenters. The van der Waals surface area contributed by atoms with Crippen molar-refractivity contribution in [2.45, 2.75) is 47.0 Å². The molecule has 1 rings (SSSR count). The lowest BCUT2D eigenvalue weighted by Gasteiger charge is -2.32. The molecule has 1 heteroatoms. The van der Waals surface area contributed by atoms with Gasteiger partial charge in [0.1, 0.15) is 0 Å². The van der Waals surface area contributed by atoms with Gasteiger partial charge in [-0.15, -0.1) is 0 Å². The zero-order valence-electron chi connectivity index (χ0n) is 9.77. The zero-order chi connectivity index (χ0) is 9.90. The highest BCUT2D eigenvalue weighted by Gasteiger charge is 2.18. The summed E-state index contributed by atoms with van der Waals surface area (Å²) < 4.78 is 0. The van der Waals surface area contributed by atoms with Crippen molar-refractivity contribution in [3.05, 3.63) is 0 Å². The standard InChI is InChI=1S/C12H25N/c1-11-6-5-8-13(10-11)9-7-12(2,3)4/h11H,5-10H2,1-4H3/t11-/m0/s1. The van der Waals surface area contributed by atoms with Crippen molar-refractivity contribution >= 4 is 0 Å². The molecule has 1 fully saturated rings. The van der Waals surface area contributed by atoms with E-state index in [1.807, 2.05) is 0 Å². The van der Waals surface area contributed by atoms with Crippen LogP contribution in [0.3, 0.4) is 0 Å². The Balaban J connectivity index is 2.21. The van der Waals surface area contributed by atoms with E-state index < -0.39 is 0 Å². The fraction of sp³-hybridized carbons (Fsp3) is 1.00. The van der Waals surface area contributed by atoms with E-state index in [9.17, 15) is 0 Å². The molecule has 0 unspecified atom stereocenters. The Labute approximate surface area is 83.5 Å². The van der Waals surface area contributed by atoms with Crippen LogP contribution < -0.4 is 0 Å². The minimum absolute atomic E-state index is 0.501. The van der Waals surface area contributed by atoms with Gasteiger partial charge in [0.2, 0.25) is 0 Å². The normalized spacial score (nSPS) is 26.3. The third-order valence-corrected chi connectivity index (χ3v) is 2.92. The van der Waals surface area contributed by atoms with Gasteiger partial charge < -0.3 is 4.90 Å². The van der Waals surface area contributed by atoms with E-state index >= 15 is 0 Å². The van der Waals surface area contributed by atoms with Crippen LogP contribution in [0.5, 0.6) is 0 Å². The summed E-state index contributed by atoms with van der Waals surface area (Å²) in [5.41, 5.74) is 0.501. The molecule has 13 heavy (non-hydrogen) atoms. The fourth-order valence-corrected chi connectivity index (χ4v) is 1.98. The van der Waals surface area contributed by atoms with Crippen LogP contribution in [0.1, 0.15) is 47.0 Å². The Kier molecular flexibility index (Phi) is 3.78. The van der Waals surface area contributed by atoms with Crippen molar-refractivity contribution in [2.75, 3.05) is 19.6 Å². The van der Waals surface area contributed by atoms with Gasteiger partial charge in [0, 0.05) is 6.54 Å². The van der Waals surface area contributed by atoms with Crippen molar-refractivity contribution < 1.29 is 0 Å². The predicted octanol–water partition coefficient (Wildman–Crippen LogP) is 3.15. The Morgan fingerprint density at radius 2 is 2.00 bits per heavy atom. The maximum Gasteiger partial charge on any atom is 0.000703 e. The second kappa shape index (κ2) is 4.45. The van der Waals surface area contributed by atoms with E-state index in [0.29, 0.717) is 5.41 Å². The van der Waals surface area contributed by atoms with Crippen LogP contribution in [0.2, 0.25) is 0 Å². The zero-order valence-corrected chi connectivity index (χ0v) is 9.77. The molecule has 0 amide bonds. The first-order valence-corrected chi connectivity index (χ1v) is 5.70. The number of piperidine rings is 1. The van der Waals surface area contributed by atoms with Crippen molar-refractivity contribution in [1.82, 2.24) is 4.90 Å². The van der Waals surface area contributed by atoms with Gasteiger partial charge >= 0.3 is 0 Å². The molecule has 0 N–H and O–H groups in total. The van der Waals surface area contributed by atoms with Crippen LogP contribution in [-0.4, -0.2) is 24.5 Å². The third-order valence-electron chi connectivity index (χ3n) is 2.92. The van der Waals surface area contributed by atoms with Crippen LogP contribution in [0, 0.1) is 11.3 Å².